The molecule has 1 aliphatic heterocycles. The summed E-state index contributed by atoms with van der Waals surface area (Å²) in [5.74, 6) is 0. The van der Waals surface area contributed by atoms with Crippen LogP contribution in [-0.4, -0.2) is 9.97 Å². The topological polar surface area (TPSA) is 38.3 Å². The number of epoxide rings is 1. The van der Waals surface area contributed by atoms with Crippen molar-refractivity contribution in [1.29, 1.82) is 0 Å². The zero-order chi connectivity index (χ0) is 10.1. The molecule has 2 aromatic rings. The number of rotatable bonds is 2. The number of ether oxygens (including phenoxy) is 1. The Bertz CT molecular complexity index is 400. The molecule has 0 saturated carbocycles. The molecule has 0 amide bonds. The van der Waals surface area contributed by atoms with Gasteiger partial charge >= 0.3 is 0 Å². The summed E-state index contributed by atoms with van der Waals surface area (Å²) in [7, 11) is 0. The van der Waals surface area contributed by atoms with Crippen LogP contribution in [0, 0.1) is 0 Å². The fourth-order valence-corrected chi connectivity index (χ4v) is 1.65. The van der Waals surface area contributed by atoms with E-state index in [1.54, 1.807) is 12.4 Å². The van der Waals surface area contributed by atoms with E-state index in [1.165, 1.54) is 0 Å². The van der Waals surface area contributed by atoms with Crippen LogP contribution in [-0.2, 0) is 4.74 Å². The van der Waals surface area contributed by atoms with Crippen molar-refractivity contribution in [3.05, 3.63) is 60.2 Å². The average molecular weight is 198 g/mol. The van der Waals surface area contributed by atoms with Crippen LogP contribution in [0.15, 0.2) is 48.8 Å². The molecule has 0 aliphatic carbocycles. The van der Waals surface area contributed by atoms with E-state index in [-0.39, 0.29) is 12.2 Å². The first-order chi connectivity index (χ1) is 7.45. The van der Waals surface area contributed by atoms with Gasteiger partial charge in [0.05, 0.1) is 11.4 Å². The van der Waals surface area contributed by atoms with Crippen molar-refractivity contribution in [2.24, 2.45) is 0 Å². The Morgan fingerprint density at radius 2 is 1.33 bits per heavy atom. The molecule has 1 saturated heterocycles. The van der Waals surface area contributed by atoms with Gasteiger partial charge in [0, 0.05) is 12.4 Å². The molecule has 0 radical (unpaired) electrons. The number of aromatic nitrogens is 2. The molecule has 1 aliphatic rings. The molecule has 0 aromatic carbocycles. The molecule has 3 nitrogen and oxygen atoms in total. The normalized spacial score (nSPS) is 23.7. The van der Waals surface area contributed by atoms with Crippen LogP contribution in [0.25, 0.3) is 0 Å². The monoisotopic (exact) mass is 198 g/mol. The van der Waals surface area contributed by atoms with Gasteiger partial charge in [0.1, 0.15) is 12.2 Å². The molecule has 2 atom stereocenters. The maximum absolute atomic E-state index is 5.56. The molecule has 0 N–H and O–H groups in total. The largest absolute Gasteiger partial charge is 0.356 e. The van der Waals surface area contributed by atoms with Gasteiger partial charge in [0.25, 0.3) is 0 Å². The number of hydrogen-bond acceptors (Lipinski definition) is 3. The minimum Gasteiger partial charge on any atom is -0.356 e. The summed E-state index contributed by atoms with van der Waals surface area (Å²) in [5, 5.41) is 0. The average Bonchev–Trinajstić information content (AvgIpc) is 3.11. The third-order valence-corrected chi connectivity index (χ3v) is 2.45. The molecule has 0 spiro atoms. The van der Waals surface area contributed by atoms with Gasteiger partial charge in [-0.1, -0.05) is 12.1 Å². The first kappa shape index (κ1) is 8.56. The number of pyridine rings is 2. The molecule has 2 unspecified atom stereocenters. The predicted octanol–water partition coefficient (Wildman–Crippen LogP) is 2.29. The van der Waals surface area contributed by atoms with Crippen molar-refractivity contribution in [3.63, 3.8) is 0 Å². The van der Waals surface area contributed by atoms with Crippen molar-refractivity contribution < 1.29 is 4.74 Å². The lowest BCUT2D eigenvalue weighted by Gasteiger charge is -1.94. The van der Waals surface area contributed by atoms with Crippen LogP contribution in [0.5, 0.6) is 0 Å². The van der Waals surface area contributed by atoms with Gasteiger partial charge in [-0.05, 0) is 24.3 Å². The summed E-state index contributed by atoms with van der Waals surface area (Å²) >= 11 is 0. The molecular weight excluding hydrogens is 188 g/mol. The second-order valence-corrected chi connectivity index (χ2v) is 3.49. The summed E-state index contributed by atoms with van der Waals surface area (Å²) in [6.07, 6.45) is 3.74. The third-order valence-electron chi connectivity index (χ3n) is 2.45. The van der Waals surface area contributed by atoms with E-state index in [0.29, 0.717) is 0 Å². The minimum atomic E-state index is 0.0844. The highest BCUT2D eigenvalue weighted by Gasteiger charge is 2.43. The first-order valence-corrected chi connectivity index (χ1v) is 4.92. The van der Waals surface area contributed by atoms with E-state index in [4.69, 9.17) is 4.74 Å². The lowest BCUT2D eigenvalue weighted by molar-refractivity contribution is 0.372. The van der Waals surface area contributed by atoms with Gasteiger partial charge in [0.15, 0.2) is 0 Å². The highest BCUT2D eigenvalue weighted by atomic mass is 16.6. The molecule has 3 heteroatoms. The van der Waals surface area contributed by atoms with Crippen LogP contribution in [0.2, 0.25) is 0 Å². The SMILES string of the molecule is c1ccc(C2OC2c2ccccn2)nc1. The summed E-state index contributed by atoms with van der Waals surface area (Å²) in [5.41, 5.74) is 1.96. The van der Waals surface area contributed by atoms with E-state index in [1.807, 2.05) is 36.4 Å². The van der Waals surface area contributed by atoms with Gasteiger partial charge in [-0.25, -0.2) is 0 Å². The summed E-state index contributed by atoms with van der Waals surface area (Å²) in [4.78, 5) is 8.53. The summed E-state index contributed by atoms with van der Waals surface area (Å²) < 4.78 is 5.56. The van der Waals surface area contributed by atoms with Crippen molar-refractivity contribution >= 4 is 0 Å². The van der Waals surface area contributed by atoms with Gasteiger partial charge in [-0.2, -0.15) is 0 Å². The molecule has 0 bridgehead atoms. The van der Waals surface area contributed by atoms with Crippen molar-refractivity contribution in [2.45, 2.75) is 12.2 Å². The third kappa shape index (κ3) is 1.62. The Balaban J connectivity index is 1.81. The van der Waals surface area contributed by atoms with Crippen LogP contribution >= 0.6 is 0 Å². The predicted molar refractivity (Wildman–Crippen MR) is 55.0 cm³/mol. The molecule has 74 valence electrons. The number of hydrogen-bond donors (Lipinski definition) is 0. The Kier molecular flexibility index (Phi) is 1.96. The Morgan fingerprint density at radius 3 is 1.73 bits per heavy atom. The fourth-order valence-electron chi connectivity index (χ4n) is 1.65. The van der Waals surface area contributed by atoms with Crippen LogP contribution in [0.1, 0.15) is 23.6 Å². The van der Waals surface area contributed by atoms with Crippen molar-refractivity contribution in [1.82, 2.24) is 9.97 Å². The van der Waals surface area contributed by atoms with Crippen molar-refractivity contribution in [2.75, 3.05) is 0 Å². The maximum Gasteiger partial charge on any atom is 0.132 e. The Morgan fingerprint density at radius 1 is 0.800 bits per heavy atom. The van der Waals surface area contributed by atoms with Gasteiger partial charge in [0.2, 0.25) is 0 Å². The standard InChI is InChI=1S/C12H10N2O/c1-3-7-13-9(5-1)11-12(15-11)10-6-2-4-8-14-10/h1-8,11-12H. The highest BCUT2D eigenvalue weighted by molar-refractivity contribution is 5.20. The van der Waals surface area contributed by atoms with E-state index in [0.717, 1.165) is 11.4 Å². The quantitative estimate of drug-likeness (QED) is 0.695. The second kappa shape index (κ2) is 3.44. The van der Waals surface area contributed by atoms with Gasteiger partial charge < -0.3 is 4.74 Å². The van der Waals surface area contributed by atoms with Crippen LogP contribution in [0.4, 0.5) is 0 Å². The highest BCUT2D eigenvalue weighted by Crippen LogP contribution is 2.49. The minimum absolute atomic E-state index is 0.0844. The fraction of sp³-hybridized carbons (Fsp3) is 0.167. The zero-order valence-corrected chi connectivity index (χ0v) is 8.08. The number of nitrogens with zero attached hydrogens (tertiary/aromatic N) is 2. The molecule has 3 heterocycles. The van der Waals surface area contributed by atoms with Crippen LogP contribution < -0.4 is 0 Å². The molecule has 1 fully saturated rings. The summed E-state index contributed by atoms with van der Waals surface area (Å²) in [6.45, 7) is 0. The van der Waals surface area contributed by atoms with E-state index < -0.39 is 0 Å². The lowest BCUT2D eigenvalue weighted by atomic mass is 10.1. The van der Waals surface area contributed by atoms with Crippen LogP contribution in [0.3, 0.4) is 0 Å². The summed E-state index contributed by atoms with van der Waals surface area (Å²) in [6, 6.07) is 11.7. The molecular formula is C12H10N2O. The Labute approximate surface area is 87.8 Å². The molecule has 3 rings (SSSR count). The van der Waals surface area contributed by atoms with E-state index in [2.05, 4.69) is 9.97 Å². The van der Waals surface area contributed by atoms with Crippen molar-refractivity contribution in [3.8, 4) is 0 Å². The Hall–Kier alpha value is -1.74. The van der Waals surface area contributed by atoms with Gasteiger partial charge in [-0.15, -0.1) is 0 Å². The zero-order valence-electron chi connectivity index (χ0n) is 8.08. The van der Waals surface area contributed by atoms with Gasteiger partial charge in [-0.3, -0.25) is 9.97 Å². The molecule has 15 heavy (non-hydrogen) atoms. The first-order valence-electron chi connectivity index (χ1n) is 4.92. The van der Waals surface area contributed by atoms with E-state index >= 15 is 0 Å². The molecule has 2 aromatic heterocycles. The lowest BCUT2D eigenvalue weighted by Crippen LogP contribution is -1.89. The maximum atomic E-state index is 5.56. The smallest absolute Gasteiger partial charge is 0.132 e. The van der Waals surface area contributed by atoms with E-state index in [9.17, 15) is 0 Å². The second-order valence-electron chi connectivity index (χ2n) is 3.49.